The van der Waals surface area contributed by atoms with Crippen LogP contribution in [0.1, 0.15) is 35.4 Å². The minimum atomic E-state index is -4.49. The number of benzene rings is 3. The van der Waals surface area contributed by atoms with Gasteiger partial charge in [-0.25, -0.2) is 13.6 Å². The molecule has 222 valence electrons. The quantitative estimate of drug-likeness (QED) is 0.278. The molecule has 4 atom stereocenters. The Bertz CT molecular complexity index is 1470. The van der Waals surface area contributed by atoms with E-state index in [9.17, 15) is 36.6 Å². The highest BCUT2D eigenvalue weighted by atomic mass is 19.4. The molecule has 0 aromatic heterocycles. The number of halogens is 5. The summed E-state index contributed by atoms with van der Waals surface area (Å²) in [5, 5.41) is 17.6. The summed E-state index contributed by atoms with van der Waals surface area (Å²) >= 11 is 0. The Morgan fingerprint density at radius 2 is 1.67 bits per heavy atom. The van der Waals surface area contributed by atoms with E-state index >= 15 is 0 Å². The van der Waals surface area contributed by atoms with E-state index in [1.165, 1.54) is 0 Å². The SMILES string of the molecule is O=C(C[C@@H]1C[C@@H]2c3cc(NC(=O)Nc4ccc(C(F)(F)F)cc4)ccc3O[C@@H]2[C@H](CO)O1)NCc1cc(F)ccc1F. The Hall–Kier alpha value is -4.23. The van der Waals surface area contributed by atoms with Crippen LogP contribution >= 0.6 is 0 Å². The van der Waals surface area contributed by atoms with Crippen molar-refractivity contribution in [3.05, 3.63) is 89.0 Å². The Kier molecular flexibility index (Phi) is 8.32. The highest BCUT2D eigenvalue weighted by molar-refractivity contribution is 5.99. The van der Waals surface area contributed by atoms with Gasteiger partial charge < -0.3 is 30.5 Å². The Morgan fingerprint density at radius 3 is 2.38 bits per heavy atom. The van der Waals surface area contributed by atoms with Crippen molar-refractivity contribution in [2.24, 2.45) is 0 Å². The van der Waals surface area contributed by atoms with Crippen LogP contribution in [0.25, 0.3) is 0 Å². The van der Waals surface area contributed by atoms with Crippen LogP contribution < -0.4 is 20.7 Å². The minimum absolute atomic E-state index is 0.00159. The summed E-state index contributed by atoms with van der Waals surface area (Å²) in [5.41, 5.74) is 0.445. The molecule has 4 N–H and O–H groups in total. The van der Waals surface area contributed by atoms with Crippen LogP contribution in [-0.2, 0) is 22.3 Å². The summed E-state index contributed by atoms with van der Waals surface area (Å²) in [5.74, 6) is -1.49. The van der Waals surface area contributed by atoms with Gasteiger partial charge in [0.2, 0.25) is 5.91 Å². The number of anilines is 2. The van der Waals surface area contributed by atoms with Crippen molar-refractivity contribution in [2.45, 2.75) is 49.8 Å². The molecule has 2 heterocycles. The maximum absolute atomic E-state index is 13.9. The molecule has 3 amide bonds. The molecular weight excluding hydrogens is 565 g/mol. The molecule has 1 saturated heterocycles. The molecule has 0 bridgehead atoms. The molecule has 0 aliphatic carbocycles. The monoisotopic (exact) mass is 591 g/mol. The number of carbonyl (C=O) groups is 2. The van der Waals surface area contributed by atoms with Gasteiger partial charge >= 0.3 is 12.2 Å². The first-order valence-electron chi connectivity index (χ1n) is 13.0. The lowest BCUT2D eigenvalue weighted by atomic mass is 9.84. The van der Waals surface area contributed by atoms with E-state index in [1.54, 1.807) is 18.2 Å². The van der Waals surface area contributed by atoms with Crippen LogP contribution in [0, 0.1) is 11.6 Å². The Morgan fingerprint density at radius 1 is 0.952 bits per heavy atom. The summed E-state index contributed by atoms with van der Waals surface area (Å²) in [6, 6.07) is 11.2. The second-order valence-corrected chi connectivity index (χ2v) is 10.0. The molecule has 0 saturated carbocycles. The Balaban J connectivity index is 1.22. The standard InChI is InChI=1S/C29H26F5N3O5/c30-17-3-7-23(31)15(9-17)13-35-26(39)12-20-11-22-21-10-19(6-8-24(21)42-27(22)25(14-38)41-20)37-28(40)36-18-4-1-16(2-5-18)29(32,33)34/h1-10,20,22,25,27,38H,11-14H2,(H,35,39)(H2,36,37,40)/t20-,22+,25-,27-/m0/s1. The lowest BCUT2D eigenvalue weighted by Crippen LogP contribution is -2.47. The zero-order chi connectivity index (χ0) is 30.0. The lowest BCUT2D eigenvalue weighted by Gasteiger charge is -2.37. The molecule has 5 rings (SSSR count). The number of hydrogen-bond acceptors (Lipinski definition) is 5. The number of nitrogens with one attached hydrogen (secondary N) is 3. The number of aliphatic hydroxyl groups is 1. The van der Waals surface area contributed by atoms with E-state index in [-0.39, 0.29) is 36.7 Å². The van der Waals surface area contributed by atoms with Crippen molar-refractivity contribution in [1.29, 1.82) is 0 Å². The van der Waals surface area contributed by atoms with E-state index in [0.29, 0.717) is 17.9 Å². The topological polar surface area (TPSA) is 109 Å². The smallest absolute Gasteiger partial charge is 0.416 e. The van der Waals surface area contributed by atoms with Crippen LogP contribution in [0.2, 0.25) is 0 Å². The fraction of sp³-hybridized carbons (Fsp3) is 0.310. The average Bonchev–Trinajstić information content (AvgIpc) is 3.30. The maximum Gasteiger partial charge on any atom is 0.416 e. The summed E-state index contributed by atoms with van der Waals surface area (Å²) in [6.45, 7) is -0.581. The van der Waals surface area contributed by atoms with Gasteiger partial charge in [-0.2, -0.15) is 13.2 Å². The van der Waals surface area contributed by atoms with Gasteiger partial charge in [0, 0.05) is 35.0 Å². The van der Waals surface area contributed by atoms with Gasteiger partial charge in [-0.1, -0.05) is 0 Å². The predicted octanol–water partition coefficient (Wildman–Crippen LogP) is 5.33. The number of fused-ring (bicyclic) bond motifs is 3. The number of aliphatic hydroxyl groups excluding tert-OH is 1. The largest absolute Gasteiger partial charge is 0.487 e. The number of ether oxygens (including phenoxy) is 2. The van der Waals surface area contributed by atoms with Crippen molar-refractivity contribution in [3.8, 4) is 5.75 Å². The van der Waals surface area contributed by atoms with Gasteiger partial charge in [0.25, 0.3) is 0 Å². The van der Waals surface area contributed by atoms with Crippen LogP contribution in [0.3, 0.4) is 0 Å². The number of rotatable bonds is 7. The summed E-state index contributed by atoms with van der Waals surface area (Å²) in [6.07, 6.45) is -6.14. The first-order valence-corrected chi connectivity index (χ1v) is 13.0. The summed E-state index contributed by atoms with van der Waals surface area (Å²) in [7, 11) is 0. The maximum atomic E-state index is 13.9. The van der Waals surface area contributed by atoms with Gasteiger partial charge in [0.05, 0.1) is 24.7 Å². The van der Waals surface area contributed by atoms with Gasteiger partial charge in [-0.3, -0.25) is 4.79 Å². The van der Waals surface area contributed by atoms with E-state index < -0.39 is 53.6 Å². The second-order valence-electron chi connectivity index (χ2n) is 10.0. The normalized spacial score (nSPS) is 21.1. The van der Waals surface area contributed by atoms with Crippen LogP contribution in [0.4, 0.5) is 38.1 Å². The van der Waals surface area contributed by atoms with Gasteiger partial charge in [0.1, 0.15) is 29.6 Å². The average molecular weight is 592 g/mol. The number of alkyl halides is 3. The Labute approximate surface area is 236 Å². The minimum Gasteiger partial charge on any atom is -0.487 e. The second kappa shape index (κ2) is 11.9. The van der Waals surface area contributed by atoms with E-state index in [4.69, 9.17) is 9.47 Å². The van der Waals surface area contributed by atoms with Crippen molar-refractivity contribution >= 4 is 23.3 Å². The predicted molar refractivity (Wildman–Crippen MR) is 141 cm³/mol. The number of amides is 3. The van der Waals surface area contributed by atoms with Gasteiger partial charge in [-0.15, -0.1) is 0 Å². The van der Waals surface area contributed by atoms with Crippen LogP contribution in [-0.4, -0.2) is 42.0 Å². The molecular formula is C29H26F5N3O5. The van der Waals surface area contributed by atoms with E-state index in [0.717, 1.165) is 48.0 Å². The molecule has 13 heteroatoms. The first-order chi connectivity index (χ1) is 20.0. The van der Waals surface area contributed by atoms with Crippen LogP contribution in [0.15, 0.2) is 60.7 Å². The van der Waals surface area contributed by atoms with Gasteiger partial charge in [0.15, 0.2) is 0 Å². The van der Waals surface area contributed by atoms with E-state index in [2.05, 4.69) is 16.0 Å². The first kappa shape index (κ1) is 29.3. The zero-order valence-corrected chi connectivity index (χ0v) is 21.9. The molecule has 2 aliphatic rings. The molecule has 1 fully saturated rings. The zero-order valence-electron chi connectivity index (χ0n) is 21.9. The highest BCUT2D eigenvalue weighted by Crippen LogP contribution is 2.47. The van der Waals surface area contributed by atoms with Crippen LogP contribution in [0.5, 0.6) is 5.75 Å². The fourth-order valence-corrected chi connectivity index (χ4v) is 5.15. The third-order valence-corrected chi connectivity index (χ3v) is 7.12. The molecule has 0 radical (unpaired) electrons. The molecule has 2 aliphatic heterocycles. The lowest BCUT2D eigenvalue weighted by molar-refractivity contribution is -0.142. The van der Waals surface area contributed by atoms with Crippen molar-refractivity contribution in [2.75, 3.05) is 17.2 Å². The van der Waals surface area contributed by atoms with Crippen molar-refractivity contribution < 1.29 is 46.1 Å². The molecule has 8 nitrogen and oxygen atoms in total. The third-order valence-electron chi connectivity index (χ3n) is 7.12. The van der Waals surface area contributed by atoms with Gasteiger partial charge in [-0.05, 0) is 67.1 Å². The number of carbonyl (C=O) groups excluding carboxylic acids is 2. The van der Waals surface area contributed by atoms with Crippen molar-refractivity contribution in [1.82, 2.24) is 5.32 Å². The molecule has 3 aromatic carbocycles. The molecule has 3 aromatic rings. The molecule has 0 unspecified atom stereocenters. The van der Waals surface area contributed by atoms with E-state index in [1.807, 2.05) is 0 Å². The number of hydrogen-bond donors (Lipinski definition) is 4. The molecule has 42 heavy (non-hydrogen) atoms. The molecule has 0 spiro atoms. The number of urea groups is 1. The van der Waals surface area contributed by atoms with Crippen molar-refractivity contribution in [3.63, 3.8) is 0 Å². The third kappa shape index (κ3) is 6.63. The fourth-order valence-electron chi connectivity index (χ4n) is 5.15. The summed E-state index contributed by atoms with van der Waals surface area (Å²) < 4.78 is 77.6. The summed E-state index contributed by atoms with van der Waals surface area (Å²) in [4.78, 5) is 25.1. The highest BCUT2D eigenvalue weighted by Gasteiger charge is 2.46.